The van der Waals surface area contributed by atoms with Crippen molar-refractivity contribution in [3.05, 3.63) is 5.69 Å². The monoisotopic (exact) mass is 289 g/mol. The van der Waals surface area contributed by atoms with Crippen LogP contribution in [-0.2, 0) is 23.5 Å². The summed E-state index contributed by atoms with van der Waals surface area (Å²) in [6.45, 7) is 3.13. The van der Waals surface area contributed by atoms with Gasteiger partial charge in [0, 0.05) is 20.1 Å². The number of nitrogens with two attached hydrogens (primary N) is 1. The average Bonchev–Trinajstić information content (AvgIpc) is 2.55. The fraction of sp³-hybridized carbons (Fsp3) is 0.727. The molecule has 1 rings (SSSR count). The van der Waals surface area contributed by atoms with Crippen molar-refractivity contribution in [1.29, 1.82) is 0 Å². The Bertz CT molecular complexity index is 509. The third-order valence-electron chi connectivity index (χ3n) is 2.66. The summed E-state index contributed by atoms with van der Waals surface area (Å²) in [7, 11) is -1.27. The van der Waals surface area contributed by atoms with Gasteiger partial charge in [-0.3, -0.25) is 4.68 Å². The van der Waals surface area contributed by atoms with Gasteiger partial charge in [0.2, 0.25) is 10.0 Å². The third-order valence-corrected chi connectivity index (χ3v) is 3.39. The van der Waals surface area contributed by atoms with E-state index >= 15 is 0 Å². The van der Waals surface area contributed by atoms with Gasteiger partial charge in [0.25, 0.3) is 0 Å². The molecule has 19 heavy (non-hydrogen) atoms. The molecule has 8 heteroatoms. The van der Waals surface area contributed by atoms with Gasteiger partial charge in [-0.2, -0.15) is 5.10 Å². The second kappa shape index (κ2) is 6.76. The van der Waals surface area contributed by atoms with Gasteiger partial charge in [-0.05, 0) is 12.8 Å². The van der Waals surface area contributed by atoms with E-state index in [1.54, 1.807) is 4.68 Å². The van der Waals surface area contributed by atoms with Gasteiger partial charge in [0.1, 0.15) is 5.82 Å². The van der Waals surface area contributed by atoms with E-state index in [1.165, 1.54) is 0 Å². The minimum atomic E-state index is -3.11. The van der Waals surface area contributed by atoms with Gasteiger partial charge in [0.05, 0.1) is 17.6 Å². The molecule has 0 amide bonds. The molecule has 0 radical (unpaired) electrons. The molecule has 0 unspecified atom stereocenters. The van der Waals surface area contributed by atoms with Gasteiger partial charge in [0.15, 0.2) is 0 Å². The zero-order valence-corrected chi connectivity index (χ0v) is 12.5. The Hall–Kier alpha value is -1.28. The lowest BCUT2D eigenvalue weighted by Gasteiger charge is -2.07. The number of nitrogens with one attached hydrogen (secondary N) is 2. The smallest absolute Gasteiger partial charge is 0.208 e. The highest BCUT2D eigenvalue weighted by Gasteiger charge is 2.11. The minimum Gasteiger partial charge on any atom is -0.394 e. The average molecular weight is 289 g/mol. The molecule has 7 nitrogen and oxygen atoms in total. The second-order valence-corrected chi connectivity index (χ2v) is 6.36. The van der Waals surface area contributed by atoms with Crippen LogP contribution in [0.2, 0.25) is 0 Å². The maximum absolute atomic E-state index is 10.9. The lowest BCUT2D eigenvalue weighted by Crippen LogP contribution is -2.24. The number of sulfonamides is 1. The van der Waals surface area contributed by atoms with E-state index in [4.69, 9.17) is 5.73 Å². The van der Waals surface area contributed by atoms with Gasteiger partial charge in [-0.1, -0.05) is 13.3 Å². The van der Waals surface area contributed by atoms with Crippen molar-refractivity contribution in [2.45, 2.75) is 26.2 Å². The molecule has 1 heterocycles. The van der Waals surface area contributed by atoms with Gasteiger partial charge in [-0.25, -0.2) is 13.1 Å². The number of rotatable bonds is 8. The number of hydrogen-bond donors (Lipinski definition) is 3. The summed E-state index contributed by atoms with van der Waals surface area (Å²) in [5, 5.41) is 7.54. The highest BCUT2D eigenvalue weighted by Crippen LogP contribution is 2.22. The van der Waals surface area contributed by atoms with E-state index in [9.17, 15) is 8.42 Å². The van der Waals surface area contributed by atoms with Crippen molar-refractivity contribution in [2.24, 2.45) is 7.05 Å². The largest absolute Gasteiger partial charge is 0.394 e. The van der Waals surface area contributed by atoms with Crippen LogP contribution in [-0.4, -0.2) is 37.5 Å². The van der Waals surface area contributed by atoms with Crippen molar-refractivity contribution >= 4 is 21.5 Å². The van der Waals surface area contributed by atoms with Crippen LogP contribution in [0.5, 0.6) is 0 Å². The Kier molecular flexibility index (Phi) is 5.61. The maximum Gasteiger partial charge on any atom is 0.208 e. The number of nitrogens with zero attached hydrogens (tertiary/aromatic N) is 2. The zero-order chi connectivity index (χ0) is 14.5. The number of nitrogen functional groups attached to an aromatic ring is 1. The Labute approximate surface area is 114 Å². The van der Waals surface area contributed by atoms with Crippen LogP contribution in [0, 0.1) is 0 Å². The van der Waals surface area contributed by atoms with Crippen LogP contribution in [0.1, 0.15) is 25.5 Å². The summed E-state index contributed by atoms with van der Waals surface area (Å²) < 4.78 is 25.9. The SMILES string of the molecule is CCCc1nn(C)c(NCCCNS(C)(=O)=O)c1N. The zero-order valence-electron chi connectivity index (χ0n) is 11.7. The van der Waals surface area contributed by atoms with Gasteiger partial charge < -0.3 is 11.1 Å². The molecule has 0 saturated carbocycles. The molecule has 0 aliphatic carbocycles. The quantitative estimate of drug-likeness (QED) is 0.598. The first-order valence-corrected chi connectivity index (χ1v) is 8.24. The Balaban J connectivity index is 2.45. The molecule has 0 saturated heterocycles. The maximum atomic E-state index is 10.9. The molecule has 4 N–H and O–H groups in total. The molecular weight excluding hydrogens is 266 g/mol. The van der Waals surface area contributed by atoms with Crippen molar-refractivity contribution in [3.63, 3.8) is 0 Å². The van der Waals surface area contributed by atoms with Crippen LogP contribution in [0.25, 0.3) is 0 Å². The van der Waals surface area contributed by atoms with Gasteiger partial charge in [-0.15, -0.1) is 0 Å². The second-order valence-electron chi connectivity index (χ2n) is 4.53. The Morgan fingerprint density at radius 2 is 2.05 bits per heavy atom. The van der Waals surface area contributed by atoms with E-state index in [2.05, 4.69) is 22.1 Å². The standard InChI is InChI=1S/C11H23N5O2S/c1-4-6-9-10(12)11(16(2)15-9)13-7-5-8-14-19(3,17)18/h13-14H,4-8,12H2,1-3H3. The summed E-state index contributed by atoms with van der Waals surface area (Å²) in [4.78, 5) is 0. The topological polar surface area (TPSA) is 102 Å². The molecule has 0 bridgehead atoms. The Morgan fingerprint density at radius 3 is 2.63 bits per heavy atom. The fourth-order valence-electron chi connectivity index (χ4n) is 1.78. The summed E-state index contributed by atoms with van der Waals surface area (Å²) >= 11 is 0. The van der Waals surface area contributed by atoms with Crippen LogP contribution in [0.3, 0.4) is 0 Å². The molecule has 0 spiro atoms. The van der Waals surface area contributed by atoms with Crippen molar-refractivity contribution in [1.82, 2.24) is 14.5 Å². The van der Waals surface area contributed by atoms with E-state index in [-0.39, 0.29) is 0 Å². The third kappa shape index (κ3) is 5.07. The number of aromatic nitrogens is 2. The van der Waals surface area contributed by atoms with Crippen LogP contribution in [0.15, 0.2) is 0 Å². The highest BCUT2D eigenvalue weighted by molar-refractivity contribution is 7.88. The van der Waals surface area contributed by atoms with Crippen LogP contribution < -0.4 is 15.8 Å². The number of hydrogen-bond acceptors (Lipinski definition) is 5. The summed E-state index contributed by atoms with van der Waals surface area (Å²) in [5.41, 5.74) is 7.60. The van der Waals surface area contributed by atoms with Crippen LogP contribution >= 0.6 is 0 Å². The first-order valence-electron chi connectivity index (χ1n) is 6.35. The lowest BCUT2D eigenvalue weighted by molar-refractivity contribution is 0.586. The first-order chi connectivity index (χ1) is 8.85. The lowest BCUT2D eigenvalue weighted by atomic mass is 10.2. The fourth-order valence-corrected chi connectivity index (χ4v) is 2.29. The molecule has 0 aromatic carbocycles. The molecule has 0 fully saturated rings. The first kappa shape index (κ1) is 15.8. The van der Waals surface area contributed by atoms with Crippen molar-refractivity contribution in [3.8, 4) is 0 Å². The van der Waals surface area contributed by atoms with E-state index in [0.717, 1.165) is 30.6 Å². The van der Waals surface area contributed by atoms with E-state index in [1.807, 2.05) is 7.05 Å². The van der Waals surface area contributed by atoms with Crippen molar-refractivity contribution in [2.75, 3.05) is 30.4 Å². The summed E-state index contributed by atoms with van der Waals surface area (Å²) in [5.74, 6) is 0.794. The molecule has 110 valence electrons. The predicted molar refractivity (Wildman–Crippen MR) is 77.6 cm³/mol. The highest BCUT2D eigenvalue weighted by atomic mass is 32.2. The molecule has 1 aromatic rings. The van der Waals surface area contributed by atoms with Crippen molar-refractivity contribution < 1.29 is 8.42 Å². The molecule has 0 aliphatic rings. The number of aryl methyl sites for hydroxylation is 2. The van der Waals surface area contributed by atoms with Crippen LogP contribution in [0.4, 0.5) is 11.5 Å². The molecule has 1 aromatic heterocycles. The predicted octanol–water partition coefficient (Wildman–Crippen LogP) is 0.306. The minimum absolute atomic E-state index is 0.408. The summed E-state index contributed by atoms with van der Waals surface area (Å²) in [6.07, 6.45) is 3.69. The van der Waals surface area contributed by atoms with Gasteiger partial charge >= 0.3 is 0 Å². The molecule has 0 atom stereocenters. The Morgan fingerprint density at radius 1 is 1.37 bits per heavy atom. The number of anilines is 2. The normalized spacial score (nSPS) is 11.7. The van der Waals surface area contributed by atoms with E-state index in [0.29, 0.717) is 25.2 Å². The molecular formula is C11H23N5O2S. The molecule has 0 aliphatic heterocycles. The van der Waals surface area contributed by atoms with E-state index < -0.39 is 10.0 Å². The summed E-state index contributed by atoms with van der Waals surface area (Å²) in [6, 6.07) is 0.